The molecule has 1 amide bonds. The highest BCUT2D eigenvalue weighted by Gasteiger charge is 2.48. The van der Waals surface area contributed by atoms with E-state index in [-0.39, 0.29) is 23.9 Å². The summed E-state index contributed by atoms with van der Waals surface area (Å²) in [6.45, 7) is 2.71. The summed E-state index contributed by atoms with van der Waals surface area (Å²) in [7, 11) is 1.81. The van der Waals surface area contributed by atoms with E-state index in [1.54, 1.807) is 4.57 Å². The number of likely N-dealkylation sites (tertiary alicyclic amines) is 1. The molecule has 1 aromatic carbocycles. The van der Waals surface area contributed by atoms with Crippen molar-refractivity contribution in [2.24, 2.45) is 24.6 Å². The number of nitrogens with two attached hydrogens (primary N) is 1. The van der Waals surface area contributed by atoms with Gasteiger partial charge in [-0.1, -0.05) is 57.2 Å². The summed E-state index contributed by atoms with van der Waals surface area (Å²) < 4.78 is 1.77. The number of primary amides is 1. The SMILES string of the molecule is CCN1C(c2c(C(=O)O)n(C)c3ccccc23)C[C@@H](C2CCCCC2)[C@H]1C(N)=O. The number of aryl methyl sites for hydroxylation is 1. The zero-order chi connectivity index (χ0) is 20.7. The fraction of sp³-hybridized carbons (Fsp3) is 0.565. The molecule has 6 nitrogen and oxygen atoms in total. The largest absolute Gasteiger partial charge is 0.477 e. The lowest BCUT2D eigenvalue weighted by Crippen LogP contribution is -2.46. The zero-order valence-electron chi connectivity index (χ0n) is 17.3. The quantitative estimate of drug-likeness (QED) is 0.805. The highest BCUT2D eigenvalue weighted by Crippen LogP contribution is 2.49. The average Bonchev–Trinajstić information content (AvgIpc) is 3.24. The number of para-hydroxylation sites is 1. The third kappa shape index (κ3) is 3.23. The second-order valence-electron chi connectivity index (χ2n) is 8.63. The Morgan fingerprint density at radius 1 is 1.17 bits per heavy atom. The van der Waals surface area contributed by atoms with Crippen LogP contribution in [0.15, 0.2) is 24.3 Å². The number of likely N-dealkylation sites (N-methyl/N-ethyl adjacent to an activating group) is 1. The molecular weight excluding hydrogens is 366 g/mol. The Balaban J connectivity index is 1.85. The number of aromatic carboxylic acids is 1. The van der Waals surface area contributed by atoms with Crippen molar-refractivity contribution < 1.29 is 14.7 Å². The number of carbonyl (C=O) groups is 2. The number of hydrogen-bond donors (Lipinski definition) is 2. The zero-order valence-corrected chi connectivity index (χ0v) is 17.3. The molecule has 4 rings (SSSR count). The molecule has 2 fully saturated rings. The lowest BCUT2D eigenvalue weighted by molar-refractivity contribution is -0.124. The van der Waals surface area contributed by atoms with E-state index in [0.29, 0.717) is 18.2 Å². The maximum atomic E-state index is 12.5. The van der Waals surface area contributed by atoms with Crippen molar-refractivity contribution in [1.29, 1.82) is 0 Å². The third-order valence-corrected chi connectivity index (χ3v) is 7.25. The molecule has 0 bridgehead atoms. The van der Waals surface area contributed by atoms with E-state index in [0.717, 1.165) is 35.7 Å². The van der Waals surface area contributed by atoms with Crippen LogP contribution in [0.2, 0.25) is 0 Å². The van der Waals surface area contributed by atoms with Crippen molar-refractivity contribution in [1.82, 2.24) is 9.47 Å². The van der Waals surface area contributed by atoms with Crippen molar-refractivity contribution in [3.05, 3.63) is 35.5 Å². The molecule has 0 radical (unpaired) electrons. The number of carbonyl (C=O) groups excluding carboxylic acids is 1. The van der Waals surface area contributed by atoms with Gasteiger partial charge in [0.25, 0.3) is 0 Å². The number of nitrogens with zero attached hydrogens (tertiary/aromatic N) is 2. The van der Waals surface area contributed by atoms with E-state index in [2.05, 4.69) is 4.90 Å². The van der Waals surface area contributed by atoms with Gasteiger partial charge in [-0.15, -0.1) is 0 Å². The molecule has 156 valence electrons. The second-order valence-corrected chi connectivity index (χ2v) is 8.63. The first-order valence-corrected chi connectivity index (χ1v) is 10.8. The van der Waals surface area contributed by atoms with Gasteiger partial charge in [0.1, 0.15) is 5.69 Å². The van der Waals surface area contributed by atoms with Gasteiger partial charge in [-0.25, -0.2) is 4.79 Å². The second kappa shape index (κ2) is 7.82. The lowest BCUT2D eigenvalue weighted by atomic mass is 9.75. The molecule has 1 aliphatic carbocycles. The van der Waals surface area contributed by atoms with Crippen LogP contribution >= 0.6 is 0 Å². The molecule has 6 heteroatoms. The highest BCUT2D eigenvalue weighted by molar-refractivity contribution is 5.98. The van der Waals surface area contributed by atoms with Crippen LogP contribution in [0, 0.1) is 11.8 Å². The van der Waals surface area contributed by atoms with Gasteiger partial charge in [-0.2, -0.15) is 0 Å². The van der Waals surface area contributed by atoms with Crippen molar-refractivity contribution in [3.63, 3.8) is 0 Å². The first kappa shape index (κ1) is 20.0. The van der Waals surface area contributed by atoms with Crippen LogP contribution in [0.25, 0.3) is 10.9 Å². The number of benzene rings is 1. The Kier molecular flexibility index (Phi) is 5.38. The van der Waals surface area contributed by atoms with E-state index in [1.807, 2.05) is 38.2 Å². The monoisotopic (exact) mass is 397 g/mol. The van der Waals surface area contributed by atoms with Gasteiger partial charge < -0.3 is 15.4 Å². The summed E-state index contributed by atoms with van der Waals surface area (Å²) in [6.07, 6.45) is 6.74. The summed E-state index contributed by atoms with van der Waals surface area (Å²) in [5.74, 6) is -0.518. The molecule has 2 aliphatic rings. The molecule has 2 heterocycles. The van der Waals surface area contributed by atoms with Crippen molar-refractivity contribution >= 4 is 22.8 Å². The summed E-state index contributed by atoms with van der Waals surface area (Å²) in [5.41, 5.74) is 7.98. The Labute approximate surface area is 171 Å². The molecule has 2 aromatic rings. The fourth-order valence-electron chi connectivity index (χ4n) is 6.07. The summed E-state index contributed by atoms with van der Waals surface area (Å²) >= 11 is 0. The molecule has 1 unspecified atom stereocenters. The number of carboxylic acid groups (broad SMARTS) is 1. The van der Waals surface area contributed by atoms with E-state index in [9.17, 15) is 14.7 Å². The van der Waals surface area contributed by atoms with Gasteiger partial charge in [0.05, 0.1) is 6.04 Å². The van der Waals surface area contributed by atoms with Crippen LogP contribution in [-0.4, -0.2) is 39.0 Å². The minimum absolute atomic E-state index is 0.110. The maximum absolute atomic E-state index is 12.5. The van der Waals surface area contributed by atoms with Crippen LogP contribution in [-0.2, 0) is 11.8 Å². The Morgan fingerprint density at radius 3 is 2.48 bits per heavy atom. The van der Waals surface area contributed by atoms with Crippen LogP contribution in [0.1, 0.15) is 67.5 Å². The van der Waals surface area contributed by atoms with Crippen LogP contribution in [0.4, 0.5) is 0 Å². The number of carboxylic acids is 1. The third-order valence-electron chi connectivity index (χ3n) is 7.25. The molecular formula is C23H31N3O3. The topological polar surface area (TPSA) is 88.6 Å². The summed E-state index contributed by atoms with van der Waals surface area (Å²) in [6, 6.07) is 7.41. The summed E-state index contributed by atoms with van der Waals surface area (Å²) in [4.78, 5) is 26.9. The van der Waals surface area contributed by atoms with Crippen molar-refractivity contribution in [2.75, 3.05) is 6.54 Å². The van der Waals surface area contributed by atoms with Gasteiger partial charge in [-0.3, -0.25) is 9.69 Å². The number of fused-ring (bicyclic) bond motifs is 1. The van der Waals surface area contributed by atoms with Gasteiger partial charge in [-0.05, 0) is 30.9 Å². The average molecular weight is 398 g/mol. The van der Waals surface area contributed by atoms with Gasteiger partial charge in [0.2, 0.25) is 5.91 Å². The molecule has 1 saturated heterocycles. The molecule has 0 spiro atoms. The molecule has 3 atom stereocenters. The molecule has 3 N–H and O–H groups in total. The first-order valence-electron chi connectivity index (χ1n) is 10.8. The predicted octanol–water partition coefficient (Wildman–Crippen LogP) is 3.69. The standard InChI is InChI=1S/C23H31N3O3/c1-3-26-18(13-16(20(26)22(24)27)14-9-5-4-6-10-14)19-15-11-7-8-12-17(15)25(2)21(19)23(28)29/h7-8,11-12,14,16,18,20H,3-6,9-10,13H2,1-2H3,(H2,24,27)(H,28,29)/t16-,18?,20-/m0/s1. The molecule has 1 aromatic heterocycles. The van der Waals surface area contributed by atoms with Crippen molar-refractivity contribution in [2.45, 2.75) is 57.5 Å². The number of amides is 1. The minimum atomic E-state index is -0.925. The molecule has 1 saturated carbocycles. The van der Waals surface area contributed by atoms with E-state index in [1.165, 1.54) is 19.3 Å². The molecule has 1 aliphatic heterocycles. The van der Waals surface area contributed by atoms with Crippen molar-refractivity contribution in [3.8, 4) is 0 Å². The maximum Gasteiger partial charge on any atom is 0.352 e. The minimum Gasteiger partial charge on any atom is -0.477 e. The predicted molar refractivity (Wildman–Crippen MR) is 113 cm³/mol. The number of aromatic nitrogens is 1. The Bertz CT molecular complexity index is 929. The van der Waals surface area contributed by atoms with Crippen LogP contribution < -0.4 is 5.73 Å². The fourth-order valence-corrected chi connectivity index (χ4v) is 6.07. The highest BCUT2D eigenvalue weighted by atomic mass is 16.4. The van der Waals surface area contributed by atoms with Crippen LogP contribution in [0.3, 0.4) is 0 Å². The summed E-state index contributed by atoms with van der Waals surface area (Å²) in [5, 5.41) is 11.0. The normalized spacial score (nSPS) is 26.2. The number of hydrogen-bond acceptors (Lipinski definition) is 3. The van der Waals surface area contributed by atoms with E-state index >= 15 is 0 Å². The van der Waals surface area contributed by atoms with E-state index < -0.39 is 5.97 Å². The lowest BCUT2D eigenvalue weighted by Gasteiger charge is -2.32. The van der Waals surface area contributed by atoms with Gasteiger partial charge in [0, 0.05) is 29.6 Å². The van der Waals surface area contributed by atoms with Gasteiger partial charge in [0.15, 0.2) is 0 Å². The first-order chi connectivity index (χ1) is 14.0. The number of rotatable bonds is 5. The van der Waals surface area contributed by atoms with Crippen LogP contribution in [0.5, 0.6) is 0 Å². The Morgan fingerprint density at radius 2 is 1.86 bits per heavy atom. The molecule has 29 heavy (non-hydrogen) atoms. The van der Waals surface area contributed by atoms with Gasteiger partial charge >= 0.3 is 5.97 Å². The smallest absolute Gasteiger partial charge is 0.352 e. The Hall–Kier alpha value is -2.34. The van der Waals surface area contributed by atoms with E-state index in [4.69, 9.17) is 5.73 Å².